The number of halogens is 1. The highest BCUT2D eigenvalue weighted by atomic mass is 35.5. The second kappa shape index (κ2) is 13.8. The second-order valence-corrected chi connectivity index (χ2v) is 4.35. The fourth-order valence-corrected chi connectivity index (χ4v) is 1.38. The third-order valence-corrected chi connectivity index (χ3v) is 2.55. The van der Waals surface area contributed by atoms with Crippen LogP contribution in [0.5, 0.6) is 0 Å². The topological polar surface area (TPSA) is 67.8 Å². The monoisotopic (exact) mass is 293 g/mol. The number of ether oxygens (including phenoxy) is 2. The second-order valence-electron chi connectivity index (χ2n) is 3.97. The Hall–Kier alpha value is -0.620. The highest BCUT2D eigenvalue weighted by Gasteiger charge is 2.07. The van der Waals surface area contributed by atoms with Crippen LogP contribution in [-0.2, 0) is 14.3 Å². The first-order valence-electron chi connectivity index (χ1n) is 6.52. The molecule has 5 nitrogen and oxygen atoms in total. The zero-order chi connectivity index (χ0) is 14.3. The van der Waals surface area contributed by atoms with E-state index in [1.54, 1.807) is 0 Å². The molecule has 19 heavy (non-hydrogen) atoms. The maximum atomic E-state index is 11.5. The maximum absolute atomic E-state index is 11.5. The minimum atomic E-state index is -0.369. The van der Waals surface area contributed by atoms with Crippen LogP contribution in [0.2, 0.25) is 0 Å². The molecule has 0 saturated carbocycles. The van der Waals surface area contributed by atoms with Gasteiger partial charge < -0.3 is 19.9 Å². The average molecular weight is 294 g/mol. The molecule has 0 aromatic rings. The van der Waals surface area contributed by atoms with Crippen LogP contribution in [0.25, 0.3) is 0 Å². The number of aliphatic hydroxyl groups is 1. The summed E-state index contributed by atoms with van der Waals surface area (Å²) < 4.78 is 10.3. The van der Waals surface area contributed by atoms with Crippen LogP contribution in [0.4, 0.5) is 0 Å². The van der Waals surface area contributed by atoms with Gasteiger partial charge in [0.2, 0.25) is 0 Å². The minimum Gasteiger partial charge on any atom is -0.461 e. The summed E-state index contributed by atoms with van der Waals surface area (Å²) in [5.41, 5.74) is 0.461. The Morgan fingerprint density at radius 2 is 1.95 bits per heavy atom. The van der Waals surface area contributed by atoms with E-state index in [-0.39, 0.29) is 19.2 Å². The van der Waals surface area contributed by atoms with Crippen LogP contribution >= 0.6 is 11.6 Å². The van der Waals surface area contributed by atoms with Gasteiger partial charge in [-0.1, -0.05) is 6.58 Å². The van der Waals surface area contributed by atoms with Crippen molar-refractivity contribution >= 4 is 17.6 Å². The molecule has 0 rings (SSSR count). The van der Waals surface area contributed by atoms with Gasteiger partial charge in [-0.05, 0) is 19.3 Å². The number of carbonyl (C=O) groups is 1. The molecule has 112 valence electrons. The van der Waals surface area contributed by atoms with Gasteiger partial charge in [-0.2, -0.15) is 0 Å². The molecule has 0 bridgehead atoms. The van der Waals surface area contributed by atoms with Gasteiger partial charge in [-0.15, -0.1) is 11.6 Å². The van der Waals surface area contributed by atoms with Gasteiger partial charge in [0.15, 0.2) is 0 Å². The maximum Gasteiger partial charge on any atom is 0.333 e. The molecule has 0 atom stereocenters. The molecule has 0 aliphatic rings. The van der Waals surface area contributed by atoms with Gasteiger partial charge in [-0.3, -0.25) is 0 Å². The summed E-state index contributed by atoms with van der Waals surface area (Å²) in [6.07, 6.45) is 2.16. The number of carbonyl (C=O) groups excluding carboxylic acids is 1. The Balaban J connectivity index is 3.41. The molecular formula is C13H24ClNO4. The molecule has 0 heterocycles. The van der Waals surface area contributed by atoms with Crippen molar-refractivity contribution in [3.05, 3.63) is 12.2 Å². The van der Waals surface area contributed by atoms with Crippen molar-refractivity contribution in [1.82, 2.24) is 5.32 Å². The molecule has 0 aromatic heterocycles. The predicted octanol–water partition coefficient (Wildman–Crippen LogP) is 1.09. The van der Waals surface area contributed by atoms with Crippen LogP contribution in [-0.4, -0.2) is 56.5 Å². The van der Waals surface area contributed by atoms with Crippen molar-refractivity contribution in [3.8, 4) is 0 Å². The molecule has 0 unspecified atom stereocenters. The molecule has 6 heteroatoms. The van der Waals surface area contributed by atoms with E-state index >= 15 is 0 Å². The number of hydrogen-bond acceptors (Lipinski definition) is 5. The Labute approximate surface area is 119 Å². The van der Waals surface area contributed by atoms with Crippen LogP contribution in [0.3, 0.4) is 0 Å². The summed E-state index contributed by atoms with van der Waals surface area (Å²) in [4.78, 5) is 11.5. The van der Waals surface area contributed by atoms with Crippen molar-refractivity contribution in [1.29, 1.82) is 0 Å². The van der Waals surface area contributed by atoms with E-state index in [2.05, 4.69) is 11.9 Å². The van der Waals surface area contributed by atoms with E-state index in [1.807, 2.05) is 0 Å². The van der Waals surface area contributed by atoms with Crippen molar-refractivity contribution < 1.29 is 19.4 Å². The van der Waals surface area contributed by atoms with E-state index in [1.165, 1.54) is 0 Å². The van der Waals surface area contributed by atoms with Crippen LogP contribution in [0.1, 0.15) is 19.3 Å². The Morgan fingerprint density at radius 3 is 2.63 bits per heavy atom. The molecule has 0 spiro atoms. The summed E-state index contributed by atoms with van der Waals surface area (Å²) in [7, 11) is 0. The highest BCUT2D eigenvalue weighted by Crippen LogP contribution is 2.05. The molecule has 0 saturated heterocycles. The SMILES string of the molecule is C=C(CCCOCCCCl)C(=O)OCCNCCO. The minimum absolute atomic E-state index is 0.0738. The molecule has 0 radical (unpaired) electrons. The van der Waals surface area contributed by atoms with E-state index < -0.39 is 0 Å². The number of aliphatic hydroxyl groups excluding tert-OH is 1. The lowest BCUT2D eigenvalue weighted by Gasteiger charge is -2.08. The molecular weight excluding hydrogens is 270 g/mol. The number of esters is 1. The molecule has 0 aromatic carbocycles. The van der Waals surface area contributed by atoms with Crippen molar-refractivity contribution in [2.75, 3.05) is 45.4 Å². The summed E-state index contributed by atoms with van der Waals surface area (Å²) in [5.74, 6) is 0.232. The van der Waals surface area contributed by atoms with Gasteiger partial charge in [0.1, 0.15) is 6.61 Å². The van der Waals surface area contributed by atoms with Crippen LogP contribution in [0, 0.1) is 0 Å². The van der Waals surface area contributed by atoms with Gasteiger partial charge in [0, 0.05) is 37.8 Å². The number of alkyl halides is 1. The fourth-order valence-electron chi connectivity index (χ4n) is 1.27. The van der Waals surface area contributed by atoms with E-state index in [4.69, 9.17) is 26.2 Å². The normalized spacial score (nSPS) is 10.4. The van der Waals surface area contributed by atoms with Crippen molar-refractivity contribution in [2.24, 2.45) is 0 Å². The smallest absolute Gasteiger partial charge is 0.333 e. The molecule has 0 aliphatic heterocycles. The van der Waals surface area contributed by atoms with Gasteiger partial charge >= 0.3 is 5.97 Å². The Bertz CT molecular complexity index is 249. The third-order valence-electron chi connectivity index (χ3n) is 2.28. The summed E-state index contributed by atoms with van der Waals surface area (Å²) in [5, 5.41) is 11.4. The van der Waals surface area contributed by atoms with Crippen LogP contribution in [0.15, 0.2) is 12.2 Å². The highest BCUT2D eigenvalue weighted by molar-refractivity contribution is 6.17. The predicted molar refractivity (Wildman–Crippen MR) is 75.4 cm³/mol. The number of nitrogens with one attached hydrogen (secondary N) is 1. The lowest BCUT2D eigenvalue weighted by molar-refractivity contribution is -0.139. The van der Waals surface area contributed by atoms with Crippen LogP contribution < -0.4 is 5.32 Å². The van der Waals surface area contributed by atoms with E-state index in [0.717, 1.165) is 12.8 Å². The number of hydrogen-bond donors (Lipinski definition) is 2. The van der Waals surface area contributed by atoms with Gasteiger partial charge in [0.05, 0.1) is 6.61 Å². The average Bonchev–Trinajstić information content (AvgIpc) is 2.42. The molecule has 0 aliphatic carbocycles. The largest absolute Gasteiger partial charge is 0.461 e. The summed E-state index contributed by atoms with van der Waals surface area (Å²) in [6, 6.07) is 0. The zero-order valence-corrected chi connectivity index (χ0v) is 12.1. The van der Waals surface area contributed by atoms with Gasteiger partial charge in [0.25, 0.3) is 0 Å². The lowest BCUT2D eigenvalue weighted by Crippen LogP contribution is -2.24. The number of rotatable bonds is 13. The molecule has 0 amide bonds. The van der Waals surface area contributed by atoms with E-state index in [9.17, 15) is 4.79 Å². The summed E-state index contributed by atoms with van der Waals surface area (Å²) >= 11 is 5.51. The Kier molecular flexibility index (Phi) is 13.4. The standard InChI is InChI=1S/C13H24ClNO4/c1-12(4-2-9-18-10-3-5-14)13(17)19-11-7-15-6-8-16/h15-16H,1-11H2. The first-order chi connectivity index (χ1) is 9.22. The molecule has 2 N–H and O–H groups in total. The first-order valence-corrected chi connectivity index (χ1v) is 7.06. The fraction of sp³-hybridized carbons (Fsp3) is 0.769. The Morgan fingerprint density at radius 1 is 1.21 bits per heavy atom. The van der Waals surface area contributed by atoms with Crippen molar-refractivity contribution in [2.45, 2.75) is 19.3 Å². The summed E-state index contributed by atoms with van der Waals surface area (Å²) in [6.45, 7) is 6.32. The molecule has 0 fully saturated rings. The zero-order valence-electron chi connectivity index (χ0n) is 11.3. The van der Waals surface area contributed by atoms with Crippen molar-refractivity contribution in [3.63, 3.8) is 0 Å². The van der Waals surface area contributed by atoms with Gasteiger partial charge in [-0.25, -0.2) is 4.79 Å². The quantitative estimate of drug-likeness (QED) is 0.230. The first kappa shape index (κ1) is 18.4. The third kappa shape index (κ3) is 12.2. The lowest BCUT2D eigenvalue weighted by atomic mass is 10.2. The van der Waals surface area contributed by atoms with E-state index in [0.29, 0.717) is 44.2 Å².